The van der Waals surface area contributed by atoms with Crippen LogP contribution in [-0.4, -0.2) is 40.7 Å². The largest absolute Gasteiger partial charge is 0.494 e. The van der Waals surface area contributed by atoms with Crippen molar-refractivity contribution in [3.05, 3.63) is 64.7 Å². The fraction of sp³-hybridized carbons (Fsp3) is 0.364. The van der Waals surface area contributed by atoms with Crippen molar-refractivity contribution in [3.63, 3.8) is 0 Å². The molecule has 0 bridgehead atoms. The van der Waals surface area contributed by atoms with Crippen LogP contribution in [0.4, 0.5) is 13.2 Å². The fourth-order valence-corrected chi connectivity index (χ4v) is 3.77. The normalized spacial score (nSPS) is 15.0. The number of halogens is 3. The van der Waals surface area contributed by atoms with E-state index in [1.54, 1.807) is 24.3 Å². The van der Waals surface area contributed by atoms with E-state index in [0.717, 1.165) is 36.7 Å². The third-order valence-corrected chi connectivity index (χ3v) is 5.29. The second kappa shape index (κ2) is 8.47. The Morgan fingerprint density at radius 3 is 2.47 bits per heavy atom. The highest BCUT2D eigenvalue weighted by molar-refractivity contribution is 5.82. The molecule has 8 heteroatoms. The van der Waals surface area contributed by atoms with Gasteiger partial charge in [0, 0.05) is 6.54 Å². The SMILES string of the molecule is O=c1c2c(C(F)(F)F)cccc2ncn1-c1ccc(OCCCN2CCCC2)cc1. The van der Waals surface area contributed by atoms with Crippen molar-refractivity contribution in [3.8, 4) is 11.4 Å². The van der Waals surface area contributed by atoms with Crippen molar-refractivity contribution in [2.24, 2.45) is 0 Å². The lowest BCUT2D eigenvalue weighted by Crippen LogP contribution is -2.22. The first-order chi connectivity index (χ1) is 14.4. The summed E-state index contributed by atoms with van der Waals surface area (Å²) in [4.78, 5) is 19.3. The summed E-state index contributed by atoms with van der Waals surface area (Å²) in [5.74, 6) is 0.651. The molecule has 0 amide bonds. The molecule has 0 N–H and O–H groups in total. The lowest BCUT2D eigenvalue weighted by atomic mass is 10.1. The Morgan fingerprint density at radius 2 is 1.77 bits per heavy atom. The van der Waals surface area contributed by atoms with Gasteiger partial charge in [0.15, 0.2) is 0 Å². The predicted molar refractivity (Wildman–Crippen MR) is 108 cm³/mol. The number of ether oxygens (including phenoxy) is 1. The first-order valence-electron chi connectivity index (χ1n) is 9.97. The fourth-order valence-electron chi connectivity index (χ4n) is 3.77. The number of hydrogen-bond acceptors (Lipinski definition) is 4. The monoisotopic (exact) mass is 417 g/mol. The number of nitrogens with zero attached hydrogens (tertiary/aromatic N) is 3. The standard InChI is InChI=1S/C22H22F3N3O2/c23-22(24,25)18-5-3-6-19-20(18)21(29)28(15-26-19)16-7-9-17(10-8-16)30-14-4-13-27-11-1-2-12-27/h3,5-10,15H,1-2,4,11-14H2. The van der Waals surface area contributed by atoms with Gasteiger partial charge in [0.1, 0.15) is 12.1 Å². The first-order valence-corrected chi connectivity index (χ1v) is 9.97. The third kappa shape index (κ3) is 4.33. The predicted octanol–water partition coefficient (Wildman–Crippen LogP) is 4.27. The van der Waals surface area contributed by atoms with Crippen LogP contribution >= 0.6 is 0 Å². The Bertz CT molecular complexity index is 1070. The van der Waals surface area contributed by atoms with E-state index in [-0.39, 0.29) is 5.52 Å². The number of hydrogen-bond donors (Lipinski definition) is 0. The van der Waals surface area contributed by atoms with Crippen molar-refractivity contribution in [2.75, 3.05) is 26.2 Å². The zero-order chi connectivity index (χ0) is 21.1. The minimum Gasteiger partial charge on any atom is -0.494 e. The summed E-state index contributed by atoms with van der Waals surface area (Å²) < 4.78 is 46.9. The number of benzene rings is 2. The number of alkyl halides is 3. The van der Waals surface area contributed by atoms with Crippen molar-refractivity contribution in [1.29, 1.82) is 0 Å². The molecule has 1 aliphatic rings. The maximum Gasteiger partial charge on any atom is 0.417 e. The van der Waals surface area contributed by atoms with Crippen LogP contribution < -0.4 is 10.3 Å². The van der Waals surface area contributed by atoms with Gasteiger partial charge in [-0.15, -0.1) is 0 Å². The van der Waals surface area contributed by atoms with E-state index >= 15 is 0 Å². The Kier molecular flexibility index (Phi) is 5.76. The summed E-state index contributed by atoms with van der Waals surface area (Å²) in [6.07, 6.45) is 0.0601. The van der Waals surface area contributed by atoms with E-state index in [1.807, 2.05) is 0 Å². The van der Waals surface area contributed by atoms with E-state index in [9.17, 15) is 18.0 Å². The summed E-state index contributed by atoms with van der Waals surface area (Å²) in [5, 5.41) is -0.435. The zero-order valence-electron chi connectivity index (χ0n) is 16.4. The van der Waals surface area contributed by atoms with Gasteiger partial charge in [0.2, 0.25) is 0 Å². The molecular formula is C22H22F3N3O2. The van der Waals surface area contributed by atoms with E-state index in [1.165, 1.54) is 31.3 Å². The molecule has 0 atom stereocenters. The molecular weight excluding hydrogens is 395 g/mol. The van der Waals surface area contributed by atoms with Gasteiger partial charge in [-0.2, -0.15) is 13.2 Å². The maximum atomic E-state index is 13.3. The van der Waals surface area contributed by atoms with Crippen molar-refractivity contribution in [2.45, 2.75) is 25.4 Å². The van der Waals surface area contributed by atoms with Gasteiger partial charge in [-0.05, 0) is 68.8 Å². The van der Waals surface area contributed by atoms with Crippen LogP contribution in [0.2, 0.25) is 0 Å². The Balaban J connectivity index is 1.51. The molecule has 1 saturated heterocycles. The van der Waals surface area contributed by atoms with Gasteiger partial charge >= 0.3 is 6.18 Å². The molecule has 0 aliphatic carbocycles. The summed E-state index contributed by atoms with van der Waals surface area (Å²) in [7, 11) is 0. The van der Waals surface area contributed by atoms with Crippen LogP contribution in [0.1, 0.15) is 24.8 Å². The average molecular weight is 417 g/mol. The summed E-state index contributed by atoms with van der Waals surface area (Å²) in [5.41, 5.74) is -1.29. The molecule has 1 fully saturated rings. The number of likely N-dealkylation sites (tertiary alicyclic amines) is 1. The number of rotatable bonds is 6. The second-order valence-electron chi connectivity index (χ2n) is 7.36. The highest BCUT2D eigenvalue weighted by atomic mass is 19.4. The van der Waals surface area contributed by atoms with Crippen molar-refractivity contribution < 1.29 is 17.9 Å². The van der Waals surface area contributed by atoms with Crippen LogP contribution in [0.25, 0.3) is 16.6 Å². The average Bonchev–Trinajstić information content (AvgIpc) is 3.25. The Labute approximate surface area is 171 Å². The van der Waals surface area contributed by atoms with Gasteiger partial charge < -0.3 is 9.64 Å². The summed E-state index contributed by atoms with van der Waals surface area (Å²) in [6.45, 7) is 3.90. The molecule has 4 rings (SSSR count). The molecule has 2 aromatic carbocycles. The Morgan fingerprint density at radius 1 is 1.03 bits per heavy atom. The molecule has 3 aromatic rings. The third-order valence-electron chi connectivity index (χ3n) is 5.29. The highest BCUT2D eigenvalue weighted by Crippen LogP contribution is 2.32. The lowest BCUT2D eigenvalue weighted by molar-refractivity contribution is -0.136. The molecule has 0 spiro atoms. The molecule has 1 aromatic heterocycles. The second-order valence-corrected chi connectivity index (χ2v) is 7.36. The highest BCUT2D eigenvalue weighted by Gasteiger charge is 2.34. The zero-order valence-corrected chi connectivity index (χ0v) is 16.4. The van der Waals surface area contributed by atoms with Gasteiger partial charge in [-0.3, -0.25) is 9.36 Å². The van der Waals surface area contributed by atoms with E-state index in [0.29, 0.717) is 18.0 Å². The molecule has 0 saturated carbocycles. The molecule has 0 radical (unpaired) electrons. The molecule has 5 nitrogen and oxygen atoms in total. The molecule has 1 aliphatic heterocycles. The first kappa shape index (κ1) is 20.4. The van der Waals surface area contributed by atoms with Crippen LogP contribution in [0.3, 0.4) is 0 Å². The van der Waals surface area contributed by atoms with Crippen molar-refractivity contribution in [1.82, 2.24) is 14.5 Å². The van der Waals surface area contributed by atoms with Gasteiger partial charge in [-0.25, -0.2) is 4.98 Å². The van der Waals surface area contributed by atoms with Crippen LogP contribution in [-0.2, 0) is 6.18 Å². The van der Waals surface area contributed by atoms with Crippen LogP contribution in [0.15, 0.2) is 53.6 Å². The minimum atomic E-state index is -4.63. The van der Waals surface area contributed by atoms with Gasteiger partial charge in [0.25, 0.3) is 5.56 Å². The molecule has 158 valence electrons. The van der Waals surface area contributed by atoms with Crippen molar-refractivity contribution >= 4 is 10.9 Å². The topological polar surface area (TPSA) is 47.4 Å². The summed E-state index contributed by atoms with van der Waals surface area (Å²) in [6, 6.07) is 10.2. The van der Waals surface area contributed by atoms with E-state index < -0.39 is 22.7 Å². The smallest absolute Gasteiger partial charge is 0.417 e. The molecule has 30 heavy (non-hydrogen) atoms. The number of fused-ring (bicyclic) bond motifs is 1. The minimum absolute atomic E-state index is 0.0176. The van der Waals surface area contributed by atoms with E-state index in [4.69, 9.17) is 4.74 Å². The lowest BCUT2D eigenvalue weighted by Gasteiger charge is -2.14. The van der Waals surface area contributed by atoms with Gasteiger partial charge in [0.05, 0.1) is 28.8 Å². The summed E-state index contributed by atoms with van der Waals surface area (Å²) >= 11 is 0. The van der Waals surface area contributed by atoms with Gasteiger partial charge in [-0.1, -0.05) is 6.07 Å². The Hall–Kier alpha value is -2.87. The van der Waals surface area contributed by atoms with E-state index in [2.05, 4.69) is 9.88 Å². The molecule has 2 heterocycles. The molecule has 0 unspecified atom stereocenters. The number of aromatic nitrogens is 2. The maximum absolute atomic E-state index is 13.3. The quantitative estimate of drug-likeness (QED) is 0.562. The van der Waals surface area contributed by atoms with Crippen LogP contribution in [0, 0.1) is 0 Å². The van der Waals surface area contributed by atoms with Crippen LogP contribution in [0.5, 0.6) is 5.75 Å².